The minimum Gasteiger partial charge on any atom is -0.490 e. The van der Waals surface area contributed by atoms with Crippen LogP contribution in [0.5, 0.6) is 11.5 Å². The maximum Gasteiger partial charge on any atom is 0.250 e. The van der Waals surface area contributed by atoms with Crippen LogP contribution < -0.4 is 14.9 Å². The van der Waals surface area contributed by atoms with Crippen molar-refractivity contribution in [2.75, 3.05) is 12.4 Å². The number of nitrogens with zero attached hydrogens (tertiary/aromatic N) is 1. The standard InChI is InChI=1S/C24H20Cl4N2O3S/c1-2-32-22-10-15(12-29-30-23(31)14-34-19-7-5-17(25)6-8-19)9-21(28)24(22)33-13-16-3-4-18(26)11-20(16)27/h3-12H,2,13-14H2,1H3,(H,30,31)/b29-12-. The zero-order chi connectivity index (χ0) is 24.5. The number of nitrogens with one attached hydrogen (secondary N) is 1. The number of thioether (sulfide) groups is 1. The van der Waals surface area contributed by atoms with Gasteiger partial charge in [-0.2, -0.15) is 5.10 Å². The monoisotopic (exact) mass is 556 g/mol. The molecule has 0 radical (unpaired) electrons. The van der Waals surface area contributed by atoms with Crippen molar-refractivity contribution in [1.82, 2.24) is 5.43 Å². The van der Waals surface area contributed by atoms with E-state index in [2.05, 4.69) is 10.5 Å². The van der Waals surface area contributed by atoms with Gasteiger partial charge in [-0.15, -0.1) is 11.8 Å². The Morgan fingerprint density at radius 2 is 1.71 bits per heavy atom. The zero-order valence-corrected chi connectivity index (χ0v) is 21.8. The van der Waals surface area contributed by atoms with E-state index in [0.29, 0.717) is 43.8 Å². The number of halogens is 4. The minimum atomic E-state index is -0.243. The Morgan fingerprint density at radius 1 is 0.971 bits per heavy atom. The van der Waals surface area contributed by atoms with Crippen LogP contribution in [0.1, 0.15) is 18.1 Å². The minimum absolute atomic E-state index is 0.185. The zero-order valence-electron chi connectivity index (χ0n) is 18.0. The molecule has 1 N–H and O–H groups in total. The molecule has 5 nitrogen and oxygen atoms in total. The molecule has 178 valence electrons. The van der Waals surface area contributed by atoms with E-state index in [-0.39, 0.29) is 18.3 Å². The summed E-state index contributed by atoms with van der Waals surface area (Å²) in [6, 6.07) is 15.8. The first-order valence-electron chi connectivity index (χ1n) is 10.1. The van der Waals surface area contributed by atoms with Gasteiger partial charge in [0.05, 0.1) is 23.6 Å². The molecule has 0 spiro atoms. The average Bonchev–Trinajstić information content (AvgIpc) is 2.79. The second kappa shape index (κ2) is 13.1. The molecule has 3 aromatic carbocycles. The lowest BCUT2D eigenvalue weighted by atomic mass is 10.2. The molecule has 0 bridgehead atoms. The summed E-state index contributed by atoms with van der Waals surface area (Å²) in [5.74, 6) is 0.803. The summed E-state index contributed by atoms with van der Waals surface area (Å²) in [5.41, 5.74) is 3.89. The summed E-state index contributed by atoms with van der Waals surface area (Å²) in [6.45, 7) is 2.45. The molecule has 10 heteroatoms. The van der Waals surface area contributed by atoms with Gasteiger partial charge < -0.3 is 9.47 Å². The number of hydrazone groups is 1. The summed E-state index contributed by atoms with van der Waals surface area (Å²) in [7, 11) is 0. The van der Waals surface area contributed by atoms with Gasteiger partial charge in [-0.05, 0) is 61.0 Å². The Bertz CT molecular complexity index is 1170. The normalized spacial score (nSPS) is 11.0. The van der Waals surface area contributed by atoms with Crippen LogP contribution in [0.2, 0.25) is 20.1 Å². The smallest absolute Gasteiger partial charge is 0.250 e. The molecule has 0 heterocycles. The van der Waals surface area contributed by atoms with Gasteiger partial charge >= 0.3 is 0 Å². The van der Waals surface area contributed by atoms with Crippen LogP contribution in [0.4, 0.5) is 0 Å². The predicted octanol–water partition coefficient (Wildman–Crippen LogP) is 7.52. The van der Waals surface area contributed by atoms with Gasteiger partial charge in [0.15, 0.2) is 11.5 Å². The van der Waals surface area contributed by atoms with E-state index in [1.165, 1.54) is 18.0 Å². The number of ether oxygens (including phenoxy) is 2. The molecule has 0 saturated heterocycles. The molecular weight excluding hydrogens is 538 g/mol. The van der Waals surface area contributed by atoms with Crippen molar-refractivity contribution >= 4 is 70.3 Å². The lowest BCUT2D eigenvalue weighted by molar-refractivity contribution is -0.118. The van der Waals surface area contributed by atoms with Gasteiger partial charge in [0.25, 0.3) is 0 Å². The molecule has 0 aliphatic heterocycles. The number of carbonyl (C=O) groups is 1. The van der Waals surface area contributed by atoms with E-state index in [1.54, 1.807) is 42.5 Å². The molecule has 0 unspecified atom stereocenters. The highest BCUT2D eigenvalue weighted by atomic mass is 35.5. The second-order valence-electron chi connectivity index (χ2n) is 6.82. The fraction of sp³-hybridized carbons (Fsp3) is 0.167. The molecule has 0 aliphatic carbocycles. The van der Waals surface area contributed by atoms with E-state index in [9.17, 15) is 4.79 Å². The maximum atomic E-state index is 12.1. The molecule has 0 fully saturated rings. The Kier molecular flexibility index (Phi) is 10.2. The SMILES string of the molecule is CCOc1cc(/C=N\NC(=O)CSc2ccc(Cl)cc2)cc(Cl)c1OCc1ccc(Cl)cc1Cl. The average molecular weight is 558 g/mol. The van der Waals surface area contributed by atoms with Gasteiger partial charge in [-0.3, -0.25) is 4.79 Å². The van der Waals surface area contributed by atoms with Crippen LogP contribution in [0.25, 0.3) is 0 Å². The lowest BCUT2D eigenvalue weighted by Crippen LogP contribution is -2.19. The highest BCUT2D eigenvalue weighted by molar-refractivity contribution is 8.00. The van der Waals surface area contributed by atoms with E-state index in [1.807, 2.05) is 19.1 Å². The number of carbonyl (C=O) groups excluding carboxylic acids is 1. The van der Waals surface area contributed by atoms with Crippen LogP contribution in [0, 0.1) is 0 Å². The van der Waals surface area contributed by atoms with Crippen molar-refractivity contribution in [3.05, 3.63) is 85.8 Å². The number of benzene rings is 3. The Hall–Kier alpha value is -2.09. The molecule has 0 saturated carbocycles. The first kappa shape index (κ1) is 26.5. The molecule has 0 aliphatic rings. The largest absolute Gasteiger partial charge is 0.490 e. The first-order chi connectivity index (χ1) is 16.4. The van der Waals surface area contributed by atoms with E-state index in [4.69, 9.17) is 55.9 Å². The van der Waals surface area contributed by atoms with Crippen molar-refractivity contribution in [2.24, 2.45) is 5.10 Å². The Labute approximate surface area is 222 Å². The fourth-order valence-corrected chi connectivity index (χ4v) is 4.30. The van der Waals surface area contributed by atoms with Crippen molar-refractivity contribution in [3.8, 4) is 11.5 Å². The number of rotatable bonds is 10. The summed E-state index contributed by atoms with van der Waals surface area (Å²) in [4.78, 5) is 13.0. The van der Waals surface area contributed by atoms with Gasteiger partial charge in [-0.25, -0.2) is 5.43 Å². The molecule has 3 rings (SSSR count). The van der Waals surface area contributed by atoms with Crippen LogP contribution in [-0.4, -0.2) is 24.5 Å². The second-order valence-corrected chi connectivity index (χ2v) is 9.56. The Balaban J connectivity index is 1.62. The molecule has 3 aromatic rings. The predicted molar refractivity (Wildman–Crippen MR) is 141 cm³/mol. The van der Waals surface area contributed by atoms with Crippen molar-refractivity contribution in [1.29, 1.82) is 0 Å². The van der Waals surface area contributed by atoms with Crippen molar-refractivity contribution < 1.29 is 14.3 Å². The number of hydrogen-bond donors (Lipinski definition) is 1. The third-order valence-electron chi connectivity index (χ3n) is 4.31. The van der Waals surface area contributed by atoms with Crippen molar-refractivity contribution in [2.45, 2.75) is 18.4 Å². The third-order valence-corrected chi connectivity index (χ3v) is 6.44. The summed E-state index contributed by atoms with van der Waals surface area (Å²) >= 11 is 25.9. The number of amides is 1. The first-order valence-corrected chi connectivity index (χ1v) is 12.6. The molecule has 0 atom stereocenters. The fourth-order valence-electron chi connectivity index (χ4n) is 2.74. The molecule has 0 aromatic heterocycles. The lowest BCUT2D eigenvalue weighted by Gasteiger charge is -2.15. The van der Waals surface area contributed by atoms with Gasteiger partial charge in [0, 0.05) is 25.5 Å². The summed E-state index contributed by atoms with van der Waals surface area (Å²) < 4.78 is 11.6. The quantitative estimate of drug-likeness (QED) is 0.159. The summed E-state index contributed by atoms with van der Waals surface area (Å²) in [6.07, 6.45) is 1.49. The summed E-state index contributed by atoms with van der Waals surface area (Å²) in [5, 5.41) is 6.03. The van der Waals surface area contributed by atoms with Crippen LogP contribution in [0.15, 0.2) is 64.6 Å². The molecule has 34 heavy (non-hydrogen) atoms. The number of hydrogen-bond acceptors (Lipinski definition) is 5. The topological polar surface area (TPSA) is 59.9 Å². The van der Waals surface area contributed by atoms with Gasteiger partial charge in [0.1, 0.15) is 6.61 Å². The van der Waals surface area contributed by atoms with E-state index >= 15 is 0 Å². The maximum absolute atomic E-state index is 12.1. The van der Waals surface area contributed by atoms with Crippen LogP contribution in [0.3, 0.4) is 0 Å². The Morgan fingerprint density at radius 3 is 2.41 bits per heavy atom. The van der Waals surface area contributed by atoms with Crippen molar-refractivity contribution in [3.63, 3.8) is 0 Å². The van der Waals surface area contributed by atoms with Crippen LogP contribution >= 0.6 is 58.2 Å². The van der Waals surface area contributed by atoms with E-state index < -0.39 is 0 Å². The van der Waals surface area contributed by atoms with Gasteiger partial charge in [-0.1, -0.05) is 52.5 Å². The molecular formula is C24H20Cl4N2O3S. The highest BCUT2D eigenvalue weighted by Crippen LogP contribution is 2.37. The highest BCUT2D eigenvalue weighted by Gasteiger charge is 2.14. The van der Waals surface area contributed by atoms with Crippen LogP contribution in [-0.2, 0) is 11.4 Å². The molecule has 1 amide bonds. The van der Waals surface area contributed by atoms with Gasteiger partial charge in [0.2, 0.25) is 5.91 Å². The third kappa shape index (κ3) is 8.00. The van der Waals surface area contributed by atoms with E-state index in [0.717, 1.165) is 10.5 Å².